The largest absolute Gasteiger partial charge is 0.342 e. The molecule has 0 N–H and O–H groups in total. The highest BCUT2D eigenvalue weighted by atomic mass is 32.2. The van der Waals surface area contributed by atoms with Crippen molar-refractivity contribution in [3.05, 3.63) is 16.8 Å². The van der Waals surface area contributed by atoms with Gasteiger partial charge in [-0.1, -0.05) is 18.7 Å². The number of hydrogen-bond acceptors (Lipinski definition) is 5. The Morgan fingerprint density at radius 1 is 1.38 bits per heavy atom. The maximum Gasteiger partial charge on any atom is 0.235 e. The molecule has 1 aliphatic heterocycles. The van der Waals surface area contributed by atoms with Crippen LogP contribution in [0.4, 0.5) is 0 Å². The van der Waals surface area contributed by atoms with E-state index in [1.807, 2.05) is 23.2 Å². The zero-order chi connectivity index (χ0) is 16.7. The Morgan fingerprint density at radius 2 is 2.17 bits per heavy atom. The summed E-state index contributed by atoms with van der Waals surface area (Å²) in [6, 6.07) is 0. The number of carbonyl (C=O) groups is 1. The van der Waals surface area contributed by atoms with E-state index in [-0.39, 0.29) is 11.2 Å². The molecule has 1 saturated heterocycles. The highest BCUT2D eigenvalue weighted by molar-refractivity contribution is 8.00. The lowest BCUT2D eigenvalue weighted by Crippen LogP contribution is -2.34. The number of carbonyl (C=O) groups excluding carboxylic acids is 1. The van der Waals surface area contributed by atoms with E-state index in [0.29, 0.717) is 0 Å². The van der Waals surface area contributed by atoms with Crippen molar-refractivity contribution in [1.29, 1.82) is 0 Å². The molecule has 2 aromatic rings. The standard InChI is InChI=1S/C18H23N3OS2/c1-11-5-6-13-14(9-11)24-17-15(13)16(19-10-20-17)23-12(2)18(22)21-7-3-4-8-21/h10-12H,3-9H2,1-2H3/t11-,12+/m0/s1. The van der Waals surface area contributed by atoms with Gasteiger partial charge in [0.1, 0.15) is 16.2 Å². The van der Waals surface area contributed by atoms with Crippen LogP contribution in [0.1, 0.15) is 43.6 Å². The van der Waals surface area contributed by atoms with Gasteiger partial charge in [0, 0.05) is 23.4 Å². The maximum absolute atomic E-state index is 12.6. The minimum Gasteiger partial charge on any atom is -0.342 e. The monoisotopic (exact) mass is 361 g/mol. The van der Waals surface area contributed by atoms with Crippen molar-refractivity contribution < 1.29 is 4.79 Å². The van der Waals surface area contributed by atoms with Gasteiger partial charge < -0.3 is 4.90 Å². The highest BCUT2D eigenvalue weighted by Gasteiger charge is 2.27. The number of nitrogens with zero attached hydrogens (tertiary/aromatic N) is 3. The fourth-order valence-electron chi connectivity index (χ4n) is 3.75. The van der Waals surface area contributed by atoms with Gasteiger partial charge in [0.05, 0.1) is 5.25 Å². The van der Waals surface area contributed by atoms with E-state index in [1.54, 1.807) is 18.1 Å². The average Bonchev–Trinajstić information content (AvgIpc) is 3.21. The first-order chi connectivity index (χ1) is 11.6. The number of rotatable bonds is 3. The zero-order valence-corrected chi connectivity index (χ0v) is 15.9. The summed E-state index contributed by atoms with van der Waals surface area (Å²) in [7, 11) is 0. The van der Waals surface area contributed by atoms with Crippen LogP contribution in [0.2, 0.25) is 0 Å². The number of amides is 1. The molecule has 24 heavy (non-hydrogen) atoms. The zero-order valence-electron chi connectivity index (χ0n) is 14.2. The van der Waals surface area contributed by atoms with Crippen LogP contribution in [0.25, 0.3) is 10.2 Å². The van der Waals surface area contributed by atoms with Crippen LogP contribution in [0.3, 0.4) is 0 Å². The third-order valence-corrected chi connectivity index (χ3v) is 7.36. The second kappa shape index (κ2) is 6.64. The minimum atomic E-state index is -0.0840. The number of thiophene rings is 1. The molecule has 2 aliphatic rings. The van der Waals surface area contributed by atoms with Crippen molar-refractivity contribution in [2.24, 2.45) is 5.92 Å². The third-order valence-electron chi connectivity index (χ3n) is 5.11. The summed E-state index contributed by atoms with van der Waals surface area (Å²) in [4.78, 5) is 26.2. The molecule has 1 aliphatic carbocycles. The van der Waals surface area contributed by atoms with Crippen LogP contribution in [0, 0.1) is 5.92 Å². The maximum atomic E-state index is 12.6. The molecular weight excluding hydrogens is 338 g/mol. The van der Waals surface area contributed by atoms with E-state index < -0.39 is 0 Å². The molecule has 0 bridgehead atoms. The molecule has 4 nitrogen and oxygen atoms in total. The predicted molar refractivity (Wildman–Crippen MR) is 99.7 cm³/mol. The van der Waals surface area contributed by atoms with E-state index in [1.165, 1.54) is 22.2 Å². The van der Waals surface area contributed by atoms with Gasteiger partial charge in [-0.15, -0.1) is 11.3 Å². The highest BCUT2D eigenvalue weighted by Crippen LogP contribution is 2.41. The van der Waals surface area contributed by atoms with Crippen LogP contribution >= 0.6 is 23.1 Å². The molecule has 1 fully saturated rings. The summed E-state index contributed by atoms with van der Waals surface area (Å²) in [5.41, 5.74) is 1.44. The molecule has 6 heteroatoms. The van der Waals surface area contributed by atoms with E-state index in [9.17, 15) is 4.79 Å². The lowest BCUT2D eigenvalue weighted by Gasteiger charge is -2.20. The van der Waals surface area contributed by atoms with Gasteiger partial charge in [0.25, 0.3) is 0 Å². The molecule has 0 aromatic carbocycles. The summed E-state index contributed by atoms with van der Waals surface area (Å²) < 4.78 is 0. The Hall–Kier alpha value is -1.14. The van der Waals surface area contributed by atoms with E-state index in [2.05, 4.69) is 16.9 Å². The van der Waals surface area contributed by atoms with Crippen LogP contribution in [-0.2, 0) is 17.6 Å². The Labute approximate surface area is 151 Å². The van der Waals surface area contributed by atoms with Crippen molar-refractivity contribution in [2.45, 2.75) is 56.2 Å². The minimum absolute atomic E-state index is 0.0840. The van der Waals surface area contributed by atoms with Crippen LogP contribution in [0.5, 0.6) is 0 Å². The predicted octanol–water partition coefficient (Wildman–Crippen LogP) is 3.92. The number of hydrogen-bond donors (Lipinski definition) is 0. The van der Waals surface area contributed by atoms with Crippen LogP contribution in [0.15, 0.2) is 11.4 Å². The molecule has 0 spiro atoms. The summed E-state index contributed by atoms with van der Waals surface area (Å²) in [6.45, 7) is 6.16. The molecule has 2 atom stereocenters. The molecular formula is C18H23N3OS2. The Morgan fingerprint density at radius 3 is 2.96 bits per heavy atom. The number of aromatic nitrogens is 2. The quantitative estimate of drug-likeness (QED) is 0.614. The molecule has 0 unspecified atom stereocenters. The molecule has 4 rings (SSSR count). The Bertz CT molecular complexity index is 767. The molecule has 0 radical (unpaired) electrons. The van der Waals surface area contributed by atoms with Crippen LogP contribution < -0.4 is 0 Å². The lowest BCUT2D eigenvalue weighted by atomic mass is 9.89. The van der Waals surface area contributed by atoms with E-state index in [4.69, 9.17) is 0 Å². The van der Waals surface area contributed by atoms with Gasteiger partial charge in [-0.3, -0.25) is 4.79 Å². The first kappa shape index (κ1) is 16.3. The topological polar surface area (TPSA) is 46.1 Å². The summed E-state index contributed by atoms with van der Waals surface area (Å²) >= 11 is 3.43. The smallest absolute Gasteiger partial charge is 0.235 e. The second-order valence-corrected chi connectivity index (χ2v) is 9.42. The van der Waals surface area contributed by atoms with Gasteiger partial charge in [-0.2, -0.15) is 0 Å². The number of fused-ring (bicyclic) bond motifs is 3. The second-order valence-electron chi connectivity index (χ2n) is 7.00. The first-order valence-electron chi connectivity index (χ1n) is 8.84. The normalized spacial score (nSPS) is 21.9. The molecule has 128 valence electrons. The summed E-state index contributed by atoms with van der Waals surface area (Å²) in [6.07, 6.45) is 7.44. The van der Waals surface area contributed by atoms with E-state index >= 15 is 0 Å². The van der Waals surface area contributed by atoms with Gasteiger partial charge in [-0.05, 0) is 50.5 Å². The number of aryl methyl sites for hydroxylation is 1. The number of likely N-dealkylation sites (tertiary alicyclic amines) is 1. The average molecular weight is 362 g/mol. The van der Waals surface area contributed by atoms with Gasteiger partial charge in [0.2, 0.25) is 5.91 Å². The van der Waals surface area contributed by atoms with Crippen molar-refractivity contribution >= 4 is 39.2 Å². The molecule has 2 aromatic heterocycles. The van der Waals surface area contributed by atoms with E-state index in [0.717, 1.165) is 54.5 Å². The lowest BCUT2D eigenvalue weighted by molar-refractivity contribution is -0.129. The fraction of sp³-hybridized carbons (Fsp3) is 0.611. The number of thioether (sulfide) groups is 1. The Balaban J connectivity index is 1.63. The summed E-state index contributed by atoms with van der Waals surface area (Å²) in [5, 5.41) is 2.13. The van der Waals surface area contributed by atoms with Crippen LogP contribution in [-0.4, -0.2) is 39.1 Å². The van der Waals surface area contributed by atoms with Crippen molar-refractivity contribution in [1.82, 2.24) is 14.9 Å². The first-order valence-corrected chi connectivity index (χ1v) is 10.5. The molecule has 3 heterocycles. The molecule has 1 amide bonds. The van der Waals surface area contributed by atoms with Crippen molar-refractivity contribution in [2.75, 3.05) is 13.1 Å². The van der Waals surface area contributed by atoms with Crippen molar-refractivity contribution in [3.63, 3.8) is 0 Å². The van der Waals surface area contributed by atoms with Gasteiger partial charge >= 0.3 is 0 Å². The Kier molecular flexibility index (Phi) is 4.52. The van der Waals surface area contributed by atoms with Gasteiger partial charge in [-0.25, -0.2) is 9.97 Å². The SMILES string of the molecule is C[C@H]1CCc2c(sc3ncnc(S[C@H](C)C(=O)N4CCCC4)c23)C1. The van der Waals surface area contributed by atoms with Gasteiger partial charge in [0.15, 0.2) is 0 Å². The van der Waals surface area contributed by atoms with Crippen molar-refractivity contribution in [3.8, 4) is 0 Å². The fourth-order valence-corrected chi connectivity index (χ4v) is 6.19. The summed E-state index contributed by atoms with van der Waals surface area (Å²) in [5.74, 6) is 1.01. The molecule has 0 saturated carbocycles. The third kappa shape index (κ3) is 2.94.